The van der Waals surface area contributed by atoms with Gasteiger partial charge in [0.2, 0.25) is 0 Å². The number of anilines is 1. The predicted octanol–water partition coefficient (Wildman–Crippen LogP) is 3.79. The van der Waals surface area contributed by atoms with Gasteiger partial charge in [0, 0.05) is 51.0 Å². The molecule has 8 heteroatoms. The SMILES string of the molecule is CCOC(=O)COc1cccc(N2CCN(CCC3CCN(C(=O)OC(C)(C)C)CC3)CC2)c1. The largest absolute Gasteiger partial charge is 0.482 e. The Bertz CT molecular complexity index is 794. The van der Waals surface area contributed by atoms with E-state index >= 15 is 0 Å². The first-order valence-corrected chi connectivity index (χ1v) is 12.6. The molecule has 0 spiro atoms. The maximum absolute atomic E-state index is 12.2. The van der Waals surface area contributed by atoms with E-state index in [1.54, 1.807) is 6.92 Å². The number of carbonyl (C=O) groups excluding carboxylic acids is 2. The highest BCUT2D eigenvalue weighted by Crippen LogP contribution is 2.25. The summed E-state index contributed by atoms with van der Waals surface area (Å²) in [4.78, 5) is 30.5. The Morgan fingerprint density at radius 3 is 2.38 bits per heavy atom. The highest BCUT2D eigenvalue weighted by molar-refractivity contribution is 5.71. The van der Waals surface area contributed by atoms with Gasteiger partial charge in [0.05, 0.1) is 6.61 Å². The zero-order chi connectivity index (χ0) is 24.6. The molecule has 2 aliphatic heterocycles. The van der Waals surface area contributed by atoms with Crippen LogP contribution in [0.3, 0.4) is 0 Å². The number of piperazine rings is 1. The summed E-state index contributed by atoms with van der Waals surface area (Å²) in [6, 6.07) is 7.91. The number of nitrogens with zero attached hydrogens (tertiary/aromatic N) is 3. The van der Waals surface area contributed by atoms with Crippen molar-refractivity contribution in [1.82, 2.24) is 9.80 Å². The van der Waals surface area contributed by atoms with E-state index in [2.05, 4.69) is 15.9 Å². The maximum Gasteiger partial charge on any atom is 0.410 e. The molecule has 0 bridgehead atoms. The summed E-state index contributed by atoms with van der Waals surface area (Å²) in [5.74, 6) is 1.01. The third-order valence-corrected chi connectivity index (χ3v) is 6.34. The van der Waals surface area contributed by atoms with Crippen LogP contribution in [-0.2, 0) is 14.3 Å². The van der Waals surface area contributed by atoms with Crippen molar-refractivity contribution in [1.29, 1.82) is 0 Å². The summed E-state index contributed by atoms with van der Waals surface area (Å²) >= 11 is 0. The van der Waals surface area contributed by atoms with Gasteiger partial charge in [0.1, 0.15) is 11.4 Å². The number of amides is 1. The Morgan fingerprint density at radius 2 is 1.74 bits per heavy atom. The third-order valence-electron chi connectivity index (χ3n) is 6.34. The lowest BCUT2D eigenvalue weighted by atomic mass is 9.93. The molecule has 34 heavy (non-hydrogen) atoms. The monoisotopic (exact) mass is 475 g/mol. The van der Waals surface area contributed by atoms with Crippen LogP contribution in [0.5, 0.6) is 5.75 Å². The number of hydrogen-bond donors (Lipinski definition) is 0. The summed E-state index contributed by atoms with van der Waals surface area (Å²) in [5.41, 5.74) is 0.683. The van der Waals surface area contributed by atoms with Crippen LogP contribution in [0.25, 0.3) is 0 Å². The van der Waals surface area contributed by atoms with Crippen molar-refractivity contribution in [2.24, 2.45) is 5.92 Å². The first-order chi connectivity index (χ1) is 16.2. The van der Waals surface area contributed by atoms with Gasteiger partial charge in [-0.25, -0.2) is 9.59 Å². The topological polar surface area (TPSA) is 71.6 Å². The molecule has 0 N–H and O–H groups in total. The molecule has 0 atom stereocenters. The second-order valence-electron chi connectivity index (χ2n) is 10.1. The molecular weight excluding hydrogens is 434 g/mol. The molecule has 1 amide bonds. The van der Waals surface area contributed by atoms with Gasteiger partial charge in [-0.15, -0.1) is 0 Å². The van der Waals surface area contributed by atoms with Crippen molar-refractivity contribution in [3.8, 4) is 5.75 Å². The average molecular weight is 476 g/mol. The summed E-state index contributed by atoms with van der Waals surface area (Å²) < 4.78 is 16.0. The Morgan fingerprint density at radius 1 is 1.03 bits per heavy atom. The average Bonchev–Trinajstić information content (AvgIpc) is 2.81. The van der Waals surface area contributed by atoms with Crippen molar-refractivity contribution in [3.05, 3.63) is 24.3 Å². The number of hydrogen-bond acceptors (Lipinski definition) is 7. The Balaban J connectivity index is 1.36. The lowest BCUT2D eigenvalue weighted by molar-refractivity contribution is -0.145. The van der Waals surface area contributed by atoms with E-state index in [-0.39, 0.29) is 18.7 Å². The molecule has 190 valence electrons. The van der Waals surface area contributed by atoms with E-state index in [0.717, 1.165) is 64.3 Å². The van der Waals surface area contributed by atoms with Crippen molar-refractivity contribution in [3.63, 3.8) is 0 Å². The number of ether oxygens (including phenoxy) is 3. The summed E-state index contributed by atoms with van der Waals surface area (Å²) in [6.45, 7) is 14.5. The highest BCUT2D eigenvalue weighted by Gasteiger charge is 2.27. The van der Waals surface area contributed by atoms with Gasteiger partial charge in [-0.05, 0) is 71.6 Å². The summed E-state index contributed by atoms with van der Waals surface area (Å²) in [5, 5.41) is 0. The smallest absolute Gasteiger partial charge is 0.410 e. The van der Waals surface area contributed by atoms with Gasteiger partial charge in [-0.3, -0.25) is 4.90 Å². The summed E-state index contributed by atoms with van der Waals surface area (Å²) in [6.07, 6.45) is 3.10. The predicted molar refractivity (Wildman–Crippen MR) is 132 cm³/mol. The molecule has 0 saturated carbocycles. The van der Waals surface area contributed by atoms with Gasteiger partial charge in [-0.1, -0.05) is 6.07 Å². The fraction of sp³-hybridized carbons (Fsp3) is 0.692. The second kappa shape index (κ2) is 12.3. The molecule has 2 saturated heterocycles. The fourth-order valence-corrected chi connectivity index (χ4v) is 4.44. The number of carbonyl (C=O) groups is 2. The third kappa shape index (κ3) is 8.38. The Kier molecular flexibility index (Phi) is 9.45. The van der Waals surface area contributed by atoms with E-state index in [0.29, 0.717) is 18.3 Å². The highest BCUT2D eigenvalue weighted by atomic mass is 16.6. The van der Waals surface area contributed by atoms with E-state index in [1.165, 1.54) is 6.42 Å². The number of rotatable bonds is 8. The van der Waals surface area contributed by atoms with Gasteiger partial charge in [0.25, 0.3) is 0 Å². The van der Waals surface area contributed by atoms with Crippen LogP contribution in [-0.4, -0.2) is 86.5 Å². The molecular formula is C26H41N3O5. The number of benzene rings is 1. The first-order valence-electron chi connectivity index (χ1n) is 12.6. The minimum absolute atomic E-state index is 0.0677. The maximum atomic E-state index is 12.2. The van der Waals surface area contributed by atoms with Gasteiger partial charge in [0.15, 0.2) is 6.61 Å². The molecule has 0 aliphatic carbocycles. The molecule has 2 aliphatic rings. The van der Waals surface area contributed by atoms with Gasteiger partial charge in [-0.2, -0.15) is 0 Å². The van der Waals surface area contributed by atoms with Crippen LogP contribution in [0.2, 0.25) is 0 Å². The molecule has 1 aromatic rings. The molecule has 2 fully saturated rings. The van der Waals surface area contributed by atoms with E-state index in [1.807, 2.05) is 43.9 Å². The Hall–Kier alpha value is -2.48. The second-order valence-corrected chi connectivity index (χ2v) is 10.1. The molecule has 8 nitrogen and oxygen atoms in total. The van der Waals surface area contributed by atoms with Crippen molar-refractivity contribution >= 4 is 17.7 Å². The molecule has 0 radical (unpaired) electrons. The lowest BCUT2D eigenvalue weighted by Gasteiger charge is -2.38. The van der Waals surface area contributed by atoms with Gasteiger partial charge < -0.3 is 24.0 Å². The number of piperidine rings is 1. The van der Waals surface area contributed by atoms with Crippen molar-refractivity contribution in [2.75, 3.05) is 63.9 Å². The molecule has 2 heterocycles. The standard InChI is InChI=1S/C26H41N3O5/c1-5-32-24(30)20-33-23-8-6-7-22(19-23)28-17-15-27(16-18-28)12-9-21-10-13-29(14-11-21)25(31)34-26(2,3)4/h6-8,19,21H,5,9-18,20H2,1-4H3. The minimum Gasteiger partial charge on any atom is -0.482 e. The van der Waals surface area contributed by atoms with Crippen LogP contribution in [0.4, 0.5) is 10.5 Å². The Labute approximate surface area is 204 Å². The zero-order valence-corrected chi connectivity index (χ0v) is 21.3. The minimum atomic E-state index is -0.437. The quantitative estimate of drug-likeness (QED) is 0.530. The summed E-state index contributed by atoms with van der Waals surface area (Å²) in [7, 11) is 0. The van der Waals surface area contributed by atoms with Gasteiger partial charge >= 0.3 is 12.1 Å². The normalized spacial score (nSPS) is 18.0. The van der Waals surface area contributed by atoms with Crippen molar-refractivity contribution < 1.29 is 23.8 Å². The zero-order valence-electron chi connectivity index (χ0n) is 21.3. The van der Waals surface area contributed by atoms with Crippen LogP contribution in [0, 0.1) is 5.92 Å². The van der Waals surface area contributed by atoms with Crippen molar-refractivity contribution in [2.45, 2.75) is 52.6 Å². The van der Waals surface area contributed by atoms with Crippen LogP contribution < -0.4 is 9.64 Å². The van der Waals surface area contributed by atoms with E-state index in [9.17, 15) is 9.59 Å². The van der Waals surface area contributed by atoms with E-state index in [4.69, 9.17) is 14.2 Å². The first kappa shape index (κ1) is 26.1. The molecule has 1 aromatic carbocycles. The molecule has 0 aromatic heterocycles. The number of esters is 1. The lowest BCUT2D eigenvalue weighted by Crippen LogP contribution is -2.47. The van der Waals surface area contributed by atoms with Crippen LogP contribution in [0.15, 0.2) is 24.3 Å². The number of likely N-dealkylation sites (tertiary alicyclic amines) is 1. The molecule has 3 rings (SSSR count). The van der Waals surface area contributed by atoms with Crippen LogP contribution in [0.1, 0.15) is 47.0 Å². The fourth-order valence-electron chi connectivity index (χ4n) is 4.44. The van der Waals surface area contributed by atoms with Crippen LogP contribution >= 0.6 is 0 Å². The molecule has 0 unspecified atom stereocenters. The van der Waals surface area contributed by atoms with E-state index < -0.39 is 5.60 Å².